The highest BCUT2D eigenvalue weighted by molar-refractivity contribution is 6.84. The predicted molar refractivity (Wildman–Crippen MR) is 114 cm³/mol. The van der Waals surface area contributed by atoms with Gasteiger partial charge in [0.25, 0.3) is 0 Å². The summed E-state index contributed by atoms with van der Waals surface area (Å²) in [6, 6.07) is 0. The molecule has 0 N–H and O–H groups in total. The van der Waals surface area contributed by atoms with Crippen molar-refractivity contribution in [2.24, 2.45) is 0 Å². The molecule has 27 heavy (non-hydrogen) atoms. The Morgan fingerprint density at radius 1 is 1.26 bits per heavy atom. The maximum absolute atomic E-state index is 12.0. The van der Waals surface area contributed by atoms with Crippen molar-refractivity contribution in [2.45, 2.75) is 84.0 Å². The van der Waals surface area contributed by atoms with Crippen LogP contribution >= 0.6 is 0 Å². The second-order valence-electron chi connectivity index (χ2n) is 8.84. The van der Waals surface area contributed by atoms with Crippen LogP contribution in [0.3, 0.4) is 0 Å². The van der Waals surface area contributed by atoms with Gasteiger partial charge in [-0.2, -0.15) is 0 Å². The number of hydrogen-bond donors (Lipinski definition) is 0. The zero-order chi connectivity index (χ0) is 20.1. The first-order valence-electron chi connectivity index (χ1n) is 10.2. The second kappa shape index (κ2) is 8.97. The van der Waals surface area contributed by atoms with Crippen LogP contribution in [0.1, 0.15) is 58.8 Å². The zero-order valence-corrected chi connectivity index (χ0v) is 18.6. The van der Waals surface area contributed by atoms with Gasteiger partial charge < -0.3 is 9.47 Å². The van der Waals surface area contributed by atoms with Crippen LogP contribution in [-0.2, 0) is 14.3 Å². The first-order valence-corrected chi connectivity index (χ1v) is 13.7. The molecule has 0 atom stereocenters. The maximum Gasteiger partial charge on any atom is 0.331 e. The standard InChI is InChI=1S/C23H34O3Si/c1-7-19-13-12-18(17-21(24)25-8-2)16-20(22(19)27(4,5)6)26-23(3)14-10-9-11-15-23/h1,16-17H,8-15H2,2-6H3/b18-17+. The smallest absolute Gasteiger partial charge is 0.331 e. The molecule has 1 fully saturated rings. The van der Waals surface area contributed by atoms with Crippen LogP contribution in [0.25, 0.3) is 0 Å². The van der Waals surface area contributed by atoms with Gasteiger partial charge >= 0.3 is 5.97 Å². The fraction of sp³-hybridized carbons (Fsp3) is 0.609. The molecule has 1 saturated carbocycles. The van der Waals surface area contributed by atoms with E-state index in [1.54, 1.807) is 6.08 Å². The first kappa shape index (κ1) is 21.6. The Bertz CT molecular complexity index is 692. The second-order valence-corrected chi connectivity index (χ2v) is 13.8. The lowest BCUT2D eigenvalue weighted by Gasteiger charge is -2.37. The molecule has 2 rings (SSSR count). The molecule has 0 radical (unpaired) electrons. The summed E-state index contributed by atoms with van der Waals surface area (Å²) < 4.78 is 11.8. The Kier molecular flexibility index (Phi) is 7.17. The highest BCUT2D eigenvalue weighted by Crippen LogP contribution is 2.40. The summed E-state index contributed by atoms with van der Waals surface area (Å²) in [6.07, 6.45) is 16.8. The number of carbonyl (C=O) groups is 1. The van der Waals surface area contributed by atoms with Gasteiger partial charge in [-0.1, -0.05) is 32.0 Å². The molecule has 0 aromatic heterocycles. The Morgan fingerprint density at radius 2 is 1.93 bits per heavy atom. The SMILES string of the molecule is C#CC1=C([Si](C)(C)C)C(OC2(C)CCCCC2)=C/C(=C/C(=O)OCC)CC1. The van der Waals surface area contributed by atoms with Gasteiger partial charge in [-0.25, -0.2) is 4.79 Å². The Hall–Kier alpha value is -1.73. The van der Waals surface area contributed by atoms with E-state index in [1.165, 1.54) is 24.5 Å². The van der Waals surface area contributed by atoms with Gasteiger partial charge in [-0.05, 0) is 69.2 Å². The number of hydrogen-bond acceptors (Lipinski definition) is 3. The summed E-state index contributed by atoms with van der Waals surface area (Å²) in [4.78, 5) is 12.0. The van der Waals surface area contributed by atoms with E-state index in [0.717, 1.165) is 42.6 Å². The third-order valence-electron chi connectivity index (χ3n) is 5.31. The first-order chi connectivity index (χ1) is 12.7. The largest absolute Gasteiger partial charge is 0.488 e. The van der Waals surface area contributed by atoms with Crippen LogP contribution in [0.5, 0.6) is 0 Å². The lowest BCUT2D eigenvalue weighted by atomic mass is 9.86. The lowest BCUT2D eigenvalue weighted by Crippen LogP contribution is -2.35. The third kappa shape index (κ3) is 5.87. The molecule has 0 aliphatic heterocycles. The minimum Gasteiger partial charge on any atom is -0.488 e. The summed E-state index contributed by atoms with van der Waals surface area (Å²) in [5.41, 5.74) is 1.81. The van der Waals surface area contributed by atoms with Crippen molar-refractivity contribution in [3.05, 3.63) is 34.3 Å². The highest BCUT2D eigenvalue weighted by atomic mass is 28.3. The van der Waals surface area contributed by atoms with Gasteiger partial charge in [0.05, 0.1) is 14.7 Å². The van der Waals surface area contributed by atoms with E-state index >= 15 is 0 Å². The summed E-state index contributed by atoms with van der Waals surface area (Å²) in [5, 5.41) is 1.23. The van der Waals surface area contributed by atoms with E-state index in [9.17, 15) is 4.79 Å². The quantitative estimate of drug-likeness (QED) is 0.263. The van der Waals surface area contributed by atoms with Gasteiger partial charge in [0.1, 0.15) is 11.4 Å². The maximum atomic E-state index is 12.0. The predicted octanol–water partition coefficient (Wildman–Crippen LogP) is 5.70. The van der Waals surface area contributed by atoms with Crippen LogP contribution in [0.2, 0.25) is 19.6 Å². The summed E-state index contributed by atoms with van der Waals surface area (Å²) >= 11 is 0. The molecule has 0 saturated heterocycles. The fourth-order valence-corrected chi connectivity index (χ4v) is 5.98. The topological polar surface area (TPSA) is 35.5 Å². The summed E-state index contributed by atoms with van der Waals surface area (Å²) in [7, 11) is -1.74. The van der Waals surface area contributed by atoms with Crippen molar-refractivity contribution in [3.63, 3.8) is 0 Å². The van der Waals surface area contributed by atoms with E-state index in [-0.39, 0.29) is 11.6 Å². The van der Waals surface area contributed by atoms with Crippen molar-refractivity contribution in [3.8, 4) is 12.3 Å². The molecule has 3 nitrogen and oxygen atoms in total. The van der Waals surface area contributed by atoms with E-state index < -0.39 is 8.07 Å². The van der Waals surface area contributed by atoms with E-state index in [4.69, 9.17) is 15.9 Å². The van der Waals surface area contributed by atoms with Gasteiger partial charge in [0.15, 0.2) is 0 Å². The molecular formula is C23H34O3Si. The average molecular weight is 387 g/mol. The zero-order valence-electron chi connectivity index (χ0n) is 17.6. The monoisotopic (exact) mass is 386 g/mol. The third-order valence-corrected chi connectivity index (χ3v) is 7.36. The van der Waals surface area contributed by atoms with Crippen LogP contribution in [0, 0.1) is 12.3 Å². The van der Waals surface area contributed by atoms with Crippen molar-refractivity contribution in [1.29, 1.82) is 0 Å². The summed E-state index contributed by atoms with van der Waals surface area (Å²) in [5.74, 6) is 3.52. The molecule has 148 valence electrons. The van der Waals surface area contributed by atoms with Crippen molar-refractivity contribution in [2.75, 3.05) is 6.61 Å². The van der Waals surface area contributed by atoms with Crippen molar-refractivity contribution in [1.82, 2.24) is 0 Å². The molecule has 2 aliphatic carbocycles. The average Bonchev–Trinajstić information content (AvgIpc) is 2.73. The van der Waals surface area contributed by atoms with Crippen LogP contribution in [0.4, 0.5) is 0 Å². The molecule has 0 amide bonds. The van der Waals surface area contributed by atoms with Gasteiger partial charge in [-0.15, -0.1) is 6.42 Å². The van der Waals surface area contributed by atoms with Gasteiger partial charge in [0.2, 0.25) is 0 Å². The van der Waals surface area contributed by atoms with Gasteiger partial charge in [0, 0.05) is 11.6 Å². The van der Waals surface area contributed by atoms with Gasteiger partial charge in [-0.3, -0.25) is 0 Å². The number of allylic oxidation sites excluding steroid dienone is 4. The van der Waals surface area contributed by atoms with Crippen molar-refractivity contribution < 1.29 is 14.3 Å². The summed E-state index contributed by atoms with van der Waals surface area (Å²) in [6.45, 7) is 11.3. The molecule has 2 aliphatic rings. The molecule has 0 spiro atoms. The molecular weight excluding hydrogens is 352 g/mol. The van der Waals surface area contributed by atoms with E-state index in [1.807, 2.05) is 6.92 Å². The van der Waals surface area contributed by atoms with E-state index in [0.29, 0.717) is 6.61 Å². The minimum atomic E-state index is -1.74. The van der Waals surface area contributed by atoms with Crippen LogP contribution in [0.15, 0.2) is 34.3 Å². The number of ether oxygens (including phenoxy) is 2. The van der Waals surface area contributed by atoms with Crippen LogP contribution < -0.4 is 0 Å². The normalized spacial score (nSPS) is 21.9. The number of carbonyl (C=O) groups excluding carboxylic acids is 1. The Morgan fingerprint density at radius 3 is 2.48 bits per heavy atom. The Balaban J connectivity index is 2.48. The molecule has 0 heterocycles. The molecule has 0 aromatic carbocycles. The lowest BCUT2D eigenvalue weighted by molar-refractivity contribution is -0.137. The van der Waals surface area contributed by atoms with Crippen LogP contribution in [-0.4, -0.2) is 26.3 Å². The molecule has 0 bridgehead atoms. The van der Waals surface area contributed by atoms with E-state index in [2.05, 4.69) is 38.6 Å². The fourth-order valence-electron chi connectivity index (χ4n) is 4.02. The Labute approximate surface area is 165 Å². The number of terminal acetylenes is 1. The molecule has 4 heteroatoms. The highest BCUT2D eigenvalue weighted by Gasteiger charge is 2.35. The number of rotatable bonds is 5. The van der Waals surface area contributed by atoms with Crippen molar-refractivity contribution >= 4 is 14.0 Å². The number of esters is 1. The molecule has 0 unspecified atom stereocenters. The molecule has 0 aromatic rings. The minimum absolute atomic E-state index is 0.159.